The number of benzene rings is 2. The zero-order chi connectivity index (χ0) is 30.1. The summed E-state index contributed by atoms with van der Waals surface area (Å²) in [6.07, 6.45) is 1.47. The number of rotatable bonds is 10. The van der Waals surface area contributed by atoms with Gasteiger partial charge in [-0.05, 0) is 56.2 Å². The highest BCUT2D eigenvalue weighted by Gasteiger charge is 2.32. The highest BCUT2D eigenvalue weighted by molar-refractivity contribution is 7.91. The molecule has 0 spiro atoms. The van der Waals surface area contributed by atoms with Crippen molar-refractivity contribution in [1.29, 1.82) is 0 Å². The largest absolute Gasteiger partial charge is 0.492 e. The number of aromatic nitrogens is 4. The molecule has 2 aromatic carbocycles. The molecule has 41 heavy (non-hydrogen) atoms. The first-order chi connectivity index (χ1) is 19.3. The van der Waals surface area contributed by atoms with Gasteiger partial charge in [-0.2, -0.15) is 10.1 Å². The van der Waals surface area contributed by atoms with E-state index < -0.39 is 43.8 Å². The third-order valence-electron chi connectivity index (χ3n) is 6.34. The minimum Gasteiger partial charge on any atom is -0.492 e. The lowest BCUT2D eigenvalue weighted by Gasteiger charge is -2.24. The van der Waals surface area contributed by atoms with Crippen molar-refractivity contribution >= 4 is 9.84 Å². The molecule has 0 aliphatic rings. The zero-order valence-electron chi connectivity index (χ0n) is 23.1. The molecular weight excluding hydrogens is 558 g/mol. The fourth-order valence-corrected chi connectivity index (χ4v) is 5.85. The third-order valence-corrected chi connectivity index (χ3v) is 8.13. The molecule has 1 atom stereocenters. The smallest absolute Gasteiger partial charge is 0.277 e. The maximum atomic E-state index is 14.2. The van der Waals surface area contributed by atoms with Crippen molar-refractivity contribution in [2.75, 3.05) is 13.7 Å². The average molecular weight is 589 g/mol. The number of hydrogen-bond donors (Lipinski definition) is 1. The van der Waals surface area contributed by atoms with Crippen molar-refractivity contribution in [3.05, 3.63) is 87.7 Å². The van der Waals surface area contributed by atoms with E-state index in [-0.39, 0.29) is 35.6 Å². The predicted molar refractivity (Wildman–Crippen MR) is 145 cm³/mol. The minimum absolute atomic E-state index is 0.00993. The zero-order valence-corrected chi connectivity index (χ0v) is 23.9. The molecule has 0 amide bonds. The molecular formula is C28H30F2N4O6S. The lowest BCUT2D eigenvalue weighted by Crippen LogP contribution is -2.35. The van der Waals surface area contributed by atoms with Gasteiger partial charge < -0.3 is 14.6 Å². The second-order valence-electron chi connectivity index (χ2n) is 9.72. The molecule has 0 aliphatic carbocycles. The lowest BCUT2D eigenvalue weighted by molar-refractivity contribution is 0.0557. The highest BCUT2D eigenvalue weighted by Crippen LogP contribution is 2.30. The Morgan fingerprint density at radius 2 is 1.71 bits per heavy atom. The summed E-state index contributed by atoms with van der Waals surface area (Å²) in [6.45, 7) is 4.69. The molecule has 218 valence electrons. The molecule has 2 aromatic heterocycles. The normalized spacial score (nSPS) is 12.7. The van der Waals surface area contributed by atoms with E-state index in [9.17, 15) is 27.1 Å². The van der Waals surface area contributed by atoms with Crippen LogP contribution in [0, 0.1) is 18.6 Å². The van der Waals surface area contributed by atoms with Crippen LogP contribution in [0.3, 0.4) is 0 Å². The van der Waals surface area contributed by atoms with Gasteiger partial charge in [-0.3, -0.25) is 14.0 Å². The number of ether oxygens (including phenoxy) is 2. The van der Waals surface area contributed by atoms with Gasteiger partial charge in [-0.1, -0.05) is 12.1 Å². The van der Waals surface area contributed by atoms with Crippen LogP contribution in [0.1, 0.15) is 37.0 Å². The Morgan fingerprint density at radius 3 is 2.24 bits per heavy atom. The molecule has 2 heterocycles. The SMILES string of the molecule is COCC(c1cc(F)cc(F)c1)n1c(COC(C)C)nc(O)c(S(=O)(=O)c2ccc(-c3cn(C)nc3C)cc2)c1=O. The number of hydrogen-bond acceptors (Lipinski definition) is 8. The Kier molecular flexibility index (Phi) is 8.71. The summed E-state index contributed by atoms with van der Waals surface area (Å²) in [4.78, 5) is 16.7. The van der Waals surface area contributed by atoms with E-state index in [1.807, 2.05) is 6.92 Å². The van der Waals surface area contributed by atoms with E-state index in [0.717, 1.165) is 28.0 Å². The van der Waals surface area contributed by atoms with Crippen LogP contribution >= 0.6 is 0 Å². The van der Waals surface area contributed by atoms with E-state index in [2.05, 4.69) is 10.1 Å². The summed E-state index contributed by atoms with van der Waals surface area (Å²) in [5, 5.41) is 15.1. The van der Waals surface area contributed by atoms with E-state index in [1.54, 1.807) is 43.9 Å². The minimum atomic E-state index is -4.62. The van der Waals surface area contributed by atoms with E-state index in [1.165, 1.54) is 19.2 Å². The van der Waals surface area contributed by atoms with Crippen LogP contribution in [0.4, 0.5) is 8.78 Å². The Balaban J connectivity index is 1.90. The van der Waals surface area contributed by atoms with Gasteiger partial charge in [0.25, 0.3) is 5.56 Å². The van der Waals surface area contributed by atoms with Crippen molar-refractivity contribution in [2.45, 2.75) is 49.3 Å². The van der Waals surface area contributed by atoms with Crippen LogP contribution in [-0.2, 0) is 33.0 Å². The molecule has 0 bridgehead atoms. The maximum absolute atomic E-state index is 14.2. The quantitative estimate of drug-likeness (QED) is 0.296. The van der Waals surface area contributed by atoms with E-state index in [0.29, 0.717) is 11.6 Å². The first-order valence-electron chi connectivity index (χ1n) is 12.6. The van der Waals surface area contributed by atoms with Crippen molar-refractivity contribution in [1.82, 2.24) is 19.3 Å². The van der Waals surface area contributed by atoms with Gasteiger partial charge in [0.15, 0.2) is 4.90 Å². The maximum Gasteiger partial charge on any atom is 0.277 e. The van der Waals surface area contributed by atoms with Gasteiger partial charge in [0.1, 0.15) is 24.1 Å². The summed E-state index contributed by atoms with van der Waals surface area (Å²) in [5.41, 5.74) is 1.07. The van der Waals surface area contributed by atoms with Crippen LogP contribution in [0.2, 0.25) is 0 Å². The molecule has 0 saturated heterocycles. The fourth-order valence-electron chi connectivity index (χ4n) is 4.51. The Labute approximate surface area is 235 Å². The predicted octanol–water partition coefficient (Wildman–Crippen LogP) is 3.93. The van der Waals surface area contributed by atoms with Gasteiger partial charge in [0, 0.05) is 32.0 Å². The molecule has 13 heteroatoms. The van der Waals surface area contributed by atoms with Crippen molar-refractivity contribution in [3.63, 3.8) is 0 Å². The molecule has 10 nitrogen and oxygen atoms in total. The highest BCUT2D eigenvalue weighted by atomic mass is 32.2. The lowest BCUT2D eigenvalue weighted by atomic mass is 10.1. The van der Waals surface area contributed by atoms with Crippen LogP contribution < -0.4 is 5.56 Å². The van der Waals surface area contributed by atoms with Crippen LogP contribution in [0.25, 0.3) is 11.1 Å². The summed E-state index contributed by atoms with van der Waals surface area (Å²) in [7, 11) is -1.54. The van der Waals surface area contributed by atoms with Gasteiger partial charge in [0.2, 0.25) is 15.7 Å². The van der Waals surface area contributed by atoms with Crippen molar-refractivity contribution in [2.24, 2.45) is 7.05 Å². The summed E-state index contributed by atoms with van der Waals surface area (Å²) >= 11 is 0. The van der Waals surface area contributed by atoms with Gasteiger partial charge in [-0.15, -0.1) is 0 Å². The third kappa shape index (κ3) is 6.21. The first kappa shape index (κ1) is 30.0. The van der Waals surface area contributed by atoms with Gasteiger partial charge in [0.05, 0.1) is 29.3 Å². The van der Waals surface area contributed by atoms with E-state index in [4.69, 9.17) is 9.47 Å². The number of nitrogens with zero attached hydrogens (tertiary/aromatic N) is 4. The van der Waals surface area contributed by atoms with Crippen LogP contribution in [-0.4, -0.2) is 52.7 Å². The topological polar surface area (TPSA) is 126 Å². The molecule has 0 aliphatic heterocycles. The number of halogens is 2. The molecule has 1 unspecified atom stereocenters. The monoisotopic (exact) mass is 588 g/mol. The first-order valence-corrected chi connectivity index (χ1v) is 14.1. The van der Waals surface area contributed by atoms with E-state index >= 15 is 0 Å². The Morgan fingerprint density at radius 1 is 1.07 bits per heavy atom. The summed E-state index contributed by atoms with van der Waals surface area (Å²) < 4.78 is 69.2. The number of sulfone groups is 1. The number of aromatic hydroxyl groups is 1. The second-order valence-corrected chi connectivity index (χ2v) is 11.6. The number of methoxy groups -OCH3 is 1. The molecule has 0 saturated carbocycles. The molecule has 0 radical (unpaired) electrons. The Hall–Kier alpha value is -3.94. The molecule has 4 aromatic rings. The summed E-state index contributed by atoms with van der Waals surface area (Å²) in [6, 6.07) is 7.22. The summed E-state index contributed by atoms with van der Waals surface area (Å²) in [5.74, 6) is -2.99. The van der Waals surface area contributed by atoms with Gasteiger partial charge >= 0.3 is 0 Å². The molecule has 0 fully saturated rings. The second kappa shape index (κ2) is 11.9. The average Bonchev–Trinajstić information content (AvgIpc) is 3.23. The fraction of sp³-hybridized carbons (Fsp3) is 0.321. The standard InChI is InChI=1S/C28H30F2N4O6S/c1-16(2)40-15-25-31-27(35)26(28(36)34(25)24(14-39-5)19-10-20(29)12-21(30)11-19)41(37,38)22-8-6-18(7-9-22)23-13-33(4)32-17(23)3/h6-13,16,24,35H,14-15H2,1-5H3. The van der Waals surface area contributed by atoms with Crippen LogP contribution in [0.15, 0.2) is 63.2 Å². The Bertz CT molecular complexity index is 1710. The van der Waals surface area contributed by atoms with Crippen LogP contribution in [0.5, 0.6) is 5.88 Å². The molecule has 4 rings (SSSR count). The number of aryl methyl sites for hydroxylation is 2. The van der Waals surface area contributed by atoms with Gasteiger partial charge in [-0.25, -0.2) is 17.2 Å². The van der Waals surface area contributed by atoms with Crippen molar-refractivity contribution in [3.8, 4) is 17.0 Å². The molecule has 1 N–H and O–H groups in total. The van der Waals surface area contributed by atoms with Crippen molar-refractivity contribution < 1.29 is 31.8 Å².